The van der Waals surface area contributed by atoms with Crippen LogP contribution in [0.3, 0.4) is 0 Å². The fourth-order valence-electron chi connectivity index (χ4n) is 5.05. The second-order valence-corrected chi connectivity index (χ2v) is 9.33. The van der Waals surface area contributed by atoms with Crippen molar-refractivity contribution in [2.75, 3.05) is 0 Å². The molecule has 0 aromatic rings. The van der Waals surface area contributed by atoms with Gasteiger partial charge in [-0.1, -0.05) is 122 Å². The first-order chi connectivity index (χ1) is 14.2. The van der Waals surface area contributed by atoms with Crippen molar-refractivity contribution in [2.45, 2.75) is 129 Å². The van der Waals surface area contributed by atoms with E-state index in [4.69, 9.17) is 4.74 Å². The van der Waals surface area contributed by atoms with E-state index in [1.54, 1.807) is 0 Å². The number of unbranched alkanes of at least 4 members (excludes halogenated alkanes) is 15. The smallest absolute Gasteiger partial charge is 0.324 e. The van der Waals surface area contributed by atoms with Gasteiger partial charge in [-0.2, -0.15) is 0 Å². The summed E-state index contributed by atoms with van der Waals surface area (Å²) in [6.45, 7) is 2.28. The number of rotatable bonds is 17. The van der Waals surface area contributed by atoms with E-state index < -0.39 is 5.41 Å². The topological polar surface area (TPSA) is 43.4 Å². The summed E-state index contributed by atoms with van der Waals surface area (Å²) in [5, 5.41) is 0. The number of esters is 2. The van der Waals surface area contributed by atoms with Crippen molar-refractivity contribution >= 4 is 11.9 Å². The average molecular weight is 405 g/mol. The molecule has 1 saturated heterocycles. The molecule has 1 aliphatic heterocycles. The normalized spacial score (nSPS) is 23.4. The predicted octanol–water partition coefficient (Wildman–Crippen LogP) is 7.67. The van der Waals surface area contributed by atoms with E-state index in [9.17, 15) is 9.59 Å². The lowest BCUT2D eigenvalue weighted by Crippen LogP contribution is -2.34. The van der Waals surface area contributed by atoms with E-state index in [0.717, 1.165) is 32.1 Å². The Labute approximate surface area is 179 Å². The van der Waals surface area contributed by atoms with Crippen LogP contribution in [-0.4, -0.2) is 11.9 Å². The number of hydrogen-bond acceptors (Lipinski definition) is 3. The highest BCUT2D eigenvalue weighted by Crippen LogP contribution is 2.47. The molecule has 0 spiro atoms. The van der Waals surface area contributed by atoms with Gasteiger partial charge >= 0.3 is 11.9 Å². The average Bonchev–Trinajstić information content (AvgIpc) is 2.98. The number of ether oxygens (including phenoxy) is 1. The lowest BCUT2D eigenvalue weighted by molar-refractivity contribution is -0.154. The van der Waals surface area contributed by atoms with Gasteiger partial charge in [0, 0.05) is 0 Å². The largest absolute Gasteiger partial charge is 0.392 e. The van der Waals surface area contributed by atoms with Crippen molar-refractivity contribution in [1.82, 2.24) is 0 Å². The summed E-state index contributed by atoms with van der Waals surface area (Å²) in [5.41, 5.74) is -0.634. The molecule has 2 aliphatic rings. The molecule has 3 heteroatoms. The molecule has 2 atom stereocenters. The summed E-state index contributed by atoms with van der Waals surface area (Å²) in [7, 11) is 0. The molecule has 166 valence electrons. The van der Waals surface area contributed by atoms with Crippen molar-refractivity contribution < 1.29 is 14.3 Å². The standard InChI is InChI=1S/C26H44O3/c1-2-3-4-5-6-7-8-9-10-11-12-13-14-15-16-18-21-26-22-19-17-20-23(26)24(27)29-25(26)28/h19,22-23H,2-18,20-21H2,1H3. The third-order valence-electron chi connectivity index (χ3n) is 6.96. The summed E-state index contributed by atoms with van der Waals surface area (Å²) in [4.78, 5) is 24.2. The van der Waals surface area contributed by atoms with Crippen molar-refractivity contribution in [3.63, 3.8) is 0 Å². The van der Waals surface area contributed by atoms with Crippen LogP contribution in [0.4, 0.5) is 0 Å². The van der Waals surface area contributed by atoms with Crippen LogP contribution in [0.5, 0.6) is 0 Å². The molecule has 0 N–H and O–H groups in total. The fraction of sp³-hybridized carbons (Fsp3) is 0.846. The summed E-state index contributed by atoms with van der Waals surface area (Å²) < 4.78 is 4.96. The molecule has 1 aliphatic carbocycles. The monoisotopic (exact) mass is 404 g/mol. The Morgan fingerprint density at radius 1 is 0.793 bits per heavy atom. The van der Waals surface area contributed by atoms with Gasteiger partial charge in [-0.3, -0.25) is 9.59 Å². The number of carbonyl (C=O) groups excluding carboxylic acids is 2. The van der Waals surface area contributed by atoms with Gasteiger partial charge < -0.3 is 4.74 Å². The fourth-order valence-corrected chi connectivity index (χ4v) is 5.05. The molecule has 0 aromatic heterocycles. The van der Waals surface area contributed by atoms with E-state index in [0.29, 0.717) is 0 Å². The van der Waals surface area contributed by atoms with Gasteiger partial charge in [0.1, 0.15) is 0 Å². The molecule has 1 heterocycles. The van der Waals surface area contributed by atoms with Crippen LogP contribution in [0.15, 0.2) is 12.2 Å². The van der Waals surface area contributed by atoms with Crippen LogP contribution < -0.4 is 0 Å². The third kappa shape index (κ3) is 7.90. The zero-order chi connectivity index (χ0) is 20.8. The predicted molar refractivity (Wildman–Crippen MR) is 120 cm³/mol. The minimum atomic E-state index is -0.634. The molecule has 2 rings (SSSR count). The second kappa shape index (κ2) is 14.0. The van der Waals surface area contributed by atoms with Gasteiger partial charge in [0.2, 0.25) is 0 Å². The van der Waals surface area contributed by atoms with Gasteiger partial charge in [0.05, 0.1) is 11.3 Å². The highest BCUT2D eigenvalue weighted by molar-refractivity contribution is 6.00. The molecule has 0 bridgehead atoms. The molecular formula is C26H44O3. The van der Waals surface area contributed by atoms with Gasteiger partial charge in [-0.05, 0) is 19.3 Å². The Hall–Kier alpha value is -1.12. The van der Waals surface area contributed by atoms with Crippen LogP contribution in [0.1, 0.15) is 129 Å². The Morgan fingerprint density at radius 3 is 1.79 bits per heavy atom. The quantitative estimate of drug-likeness (QED) is 0.108. The third-order valence-corrected chi connectivity index (χ3v) is 6.96. The van der Waals surface area contributed by atoms with E-state index in [2.05, 4.69) is 13.0 Å². The number of carbonyl (C=O) groups is 2. The van der Waals surface area contributed by atoms with E-state index in [1.165, 1.54) is 89.9 Å². The minimum absolute atomic E-state index is 0.226. The first-order valence-corrected chi connectivity index (χ1v) is 12.6. The molecule has 0 radical (unpaired) electrons. The molecule has 29 heavy (non-hydrogen) atoms. The first kappa shape index (κ1) is 24.2. The highest BCUT2D eigenvalue weighted by atomic mass is 16.6. The maximum Gasteiger partial charge on any atom is 0.324 e. The van der Waals surface area contributed by atoms with Gasteiger partial charge in [-0.15, -0.1) is 0 Å². The second-order valence-electron chi connectivity index (χ2n) is 9.33. The summed E-state index contributed by atoms with van der Waals surface area (Å²) in [6, 6.07) is 0. The maximum absolute atomic E-state index is 12.2. The van der Waals surface area contributed by atoms with Crippen molar-refractivity contribution in [2.24, 2.45) is 11.3 Å². The lowest BCUT2D eigenvalue weighted by Gasteiger charge is -2.29. The molecule has 2 unspecified atom stereocenters. The van der Waals surface area contributed by atoms with Crippen molar-refractivity contribution in [3.05, 3.63) is 12.2 Å². The highest BCUT2D eigenvalue weighted by Gasteiger charge is 2.55. The zero-order valence-electron chi connectivity index (χ0n) is 18.9. The van der Waals surface area contributed by atoms with Gasteiger partial charge in [0.15, 0.2) is 0 Å². The van der Waals surface area contributed by atoms with Crippen LogP contribution in [0.25, 0.3) is 0 Å². The summed E-state index contributed by atoms with van der Waals surface area (Å²) in [5.74, 6) is -0.823. The Kier molecular flexibility index (Phi) is 11.6. The lowest BCUT2D eigenvalue weighted by atomic mass is 9.69. The molecule has 0 amide bonds. The van der Waals surface area contributed by atoms with Crippen molar-refractivity contribution in [3.8, 4) is 0 Å². The number of fused-ring (bicyclic) bond motifs is 1. The van der Waals surface area contributed by atoms with Crippen LogP contribution in [0, 0.1) is 11.3 Å². The van der Waals surface area contributed by atoms with E-state index in [1.807, 2.05) is 6.08 Å². The number of cyclic esters (lactones) is 2. The number of hydrogen-bond donors (Lipinski definition) is 0. The van der Waals surface area contributed by atoms with Crippen LogP contribution in [0.2, 0.25) is 0 Å². The number of allylic oxidation sites excluding steroid dienone is 1. The van der Waals surface area contributed by atoms with Gasteiger partial charge in [-0.25, -0.2) is 0 Å². The first-order valence-electron chi connectivity index (χ1n) is 12.6. The summed E-state index contributed by atoms with van der Waals surface area (Å²) in [6.07, 6.45) is 28.0. The van der Waals surface area contributed by atoms with Crippen LogP contribution in [-0.2, 0) is 14.3 Å². The minimum Gasteiger partial charge on any atom is -0.392 e. The molecular weight excluding hydrogens is 360 g/mol. The van der Waals surface area contributed by atoms with Crippen molar-refractivity contribution in [1.29, 1.82) is 0 Å². The Morgan fingerprint density at radius 2 is 1.28 bits per heavy atom. The van der Waals surface area contributed by atoms with Gasteiger partial charge in [0.25, 0.3) is 0 Å². The zero-order valence-corrected chi connectivity index (χ0v) is 18.9. The van der Waals surface area contributed by atoms with E-state index in [-0.39, 0.29) is 17.9 Å². The Balaban J connectivity index is 1.40. The maximum atomic E-state index is 12.2. The molecule has 1 fully saturated rings. The van der Waals surface area contributed by atoms with Crippen LogP contribution >= 0.6 is 0 Å². The summed E-state index contributed by atoms with van der Waals surface area (Å²) >= 11 is 0. The SMILES string of the molecule is CCCCCCCCCCCCCCCCCCC12C=CCCC1C(=O)OC2=O. The van der Waals surface area contributed by atoms with E-state index >= 15 is 0 Å². The molecule has 0 aromatic carbocycles. The Bertz CT molecular complexity index is 510. The molecule has 0 saturated carbocycles. The molecule has 3 nitrogen and oxygen atoms in total.